The predicted molar refractivity (Wildman–Crippen MR) is 64.6 cm³/mol. The molecule has 0 spiro atoms. The van der Waals surface area contributed by atoms with Crippen molar-refractivity contribution >= 4 is 27.4 Å². The Bertz CT molecular complexity index is 421. The quantitative estimate of drug-likeness (QED) is 0.630. The number of hydrogen-bond acceptors (Lipinski definition) is 4. The Kier molecular flexibility index (Phi) is 3.09. The standard InChI is InChI=1S/C10H12BrN3O2/c1-13(6-7-2-3-7)10-9(14(15)16)4-8(11)5-12-10/h4-5,7H,2-3,6H2,1H3. The number of pyridine rings is 1. The number of nitro groups is 1. The van der Waals surface area contributed by atoms with Gasteiger partial charge in [-0.3, -0.25) is 10.1 Å². The van der Waals surface area contributed by atoms with E-state index >= 15 is 0 Å². The molecule has 5 nitrogen and oxygen atoms in total. The minimum Gasteiger partial charge on any atom is -0.354 e. The molecule has 1 aliphatic carbocycles. The summed E-state index contributed by atoms with van der Waals surface area (Å²) in [4.78, 5) is 16.5. The molecule has 0 atom stereocenters. The van der Waals surface area contributed by atoms with Gasteiger partial charge in [-0.25, -0.2) is 4.98 Å². The van der Waals surface area contributed by atoms with E-state index < -0.39 is 4.92 Å². The number of anilines is 1. The number of aromatic nitrogens is 1. The van der Waals surface area contributed by atoms with E-state index in [4.69, 9.17) is 0 Å². The summed E-state index contributed by atoms with van der Waals surface area (Å²) in [6, 6.07) is 1.49. The van der Waals surface area contributed by atoms with Crippen molar-refractivity contribution in [2.75, 3.05) is 18.5 Å². The van der Waals surface area contributed by atoms with Crippen LogP contribution < -0.4 is 4.90 Å². The molecule has 0 bridgehead atoms. The van der Waals surface area contributed by atoms with E-state index in [1.165, 1.54) is 18.9 Å². The van der Waals surface area contributed by atoms with Crippen molar-refractivity contribution in [2.45, 2.75) is 12.8 Å². The minimum absolute atomic E-state index is 0.0533. The molecule has 1 aromatic rings. The second kappa shape index (κ2) is 4.37. The van der Waals surface area contributed by atoms with Crippen LogP contribution in [0.3, 0.4) is 0 Å². The predicted octanol–water partition coefficient (Wildman–Crippen LogP) is 2.60. The molecule has 6 heteroatoms. The zero-order valence-electron chi connectivity index (χ0n) is 8.89. The van der Waals surface area contributed by atoms with Gasteiger partial charge in [-0.05, 0) is 34.7 Å². The van der Waals surface area contributed by atoms with Gasteiger partial charge in [0.25, 0.3) is 0 Å². The number of halogens is 1. The monoisotopic (exact) mass is 285 g/mol. The Morgan fingerprint density at radius 3 is 2.94 bits per heavy atom. The molecule has 0 unspecified atom stereocenters. The molecule has 0 radical (unpaired) electrons. The van der Waals surface area contributed by atoms with E-state index in [-0.39, 0.29) is 5.69 Å². The van der Waals surface area contributed by atoms with Crippen LogP contribution in [0.1, 0.15) is 12.8 Å². The normalized spacial score (nSPS) is 14.9. The molecular formula is C10H12BrN3O2. The Balaban J connectivity index is 2.26. The lowest BCUT2D eigenvalue weighted by molar-refractivity contribution is -0.384. The third-order valence-corrected chi connectivity index (χ3v) is 3.03. The average Bonchev–Trinajstić information content (AvgIpc) is 3.01. The van der Waals surface area contributed by atoms with Gasteiger partial charge in [0.1, 0.15) is 0 Å². The summed E-state index contributed by atoms with van der Waals surface area (Å²) < 4.78 is 0.628. The highest BCUT2D eigenvalue weighted by molar-refractivity contribution is 9.10. The van der Waals surface area contributed by atoms with E-state index in [1.807, 2.05) is 11.9 Å². The molecule has 1 heterocycles. The smallest absolute Gasteiger partial charge is 0.312 e. The molecule has 16 heavy (non-hydrogen) atoms. The third kappa shape index (κ3) is 2.49. The number of nitrogens with zero attached hydrogens (tertiary/aromatic N) is 3. The summed E-state index contributed by atoms with van der Waals surface area (Å²) in [6.07, 6.45) is 4.02. The summed E-state index contributed by atoms with van der Waals surface area (Å²) >= 11 is 3.19. The van der Waals surface area contributed by atoms with Gasteiger partial charge in [0.15, 0.2) is 0 Å². The van der Waals surface area contributed by atoms with E-state index in [0.29, 0.717) is 16.2 Å². The molecule has 1 fully saturated rings. The first kappa shape index (κ1) is 11.3. The second-order valence-corrected chi connectivity index (χ2v) is 4.99. The van der Waals surface area contributed by atoms with Gasteiger partial charge >= 0.3 is 5.69 Å². The SMILES string of the molecule is CN(CC1CC1)c1ncc(Br)cc1[N+](=O)[O-]. The Labute approximate surface area is 102 Å². The van der Waals surface area contributed by atoms with Crippen LogP contribution in [0.5, 0.6) is 0 Å². The van der Waals surface area contributed by atoms with Crippen LogP contribution in [0.2, 0.25) is 0 Å². The first-order valence-corrected chi connectivity index (χ1v) is 5.88. The van der Waals surface area contributed by atoms with E-state index in [0.717, 1.165) is 6.54 Å². The topological polar surface area (TPSA) is 59.3 Å². The molecule has 86 valence electrons. The molecule has 0 saturated heterocycles. The molecule has 0 aromatic carbocycles. The molecule has 0 amide bonds. The highest BCUT2D eigenvalue weighted by atomic mass is 79.9. The third-order valence-electron chi connectivity index (χ3n) is 2.60. The number of hydrogen-bond donors (Lipinski definition) is 0. The van der Waals surface area contributed by atoms with Crippen molar-refractivity contribution in [3.05, 3.63) is 26.9 Å². The highest BCUT2D eigenvalue weighted by Gasteiger charge is 2.26. The zero-order chi connectivity index (χ0) is 11.7. The second-order valence-electron chi connectivity index (χ2n) is 4.08. The fraction of sp³-hybridized carbons (Fsp3) is 0.500. The lowest BCUT2D eigenvalue weighted by Gasteiger charge is -2.17. The van der Waals surface area contributed by atoms with Gasteiger partial charge in [-0.2, -0.15) is 0 Å². The lowest BCUT2D eigenvalue weighted by atomic mass is 10.3. The van der Waals surface area contributed by atoms with E-state index in [1.54, 1.807) is 6.20 Å². The molecule has 0 N–H and O–H groups in total. The number of rotatable bonds is 4. The minimum atomic E-state index is -0.392. The molecule has 2 rings (SSSR count). The summed E-state index contributed by atoms with van der Waals surface area (Å²) in [5, 5.41) is 10.9. The Morgan fingerprint density at radius 2 is 2.38 bits per heavy atom. The Morgan fingerprint density at radius 1 is 1.69 bits per heavy atom. The van der Waals surface area contributed by atoms with Crippen LogP contribution in [0.4, 0.5) is 11.5 Å². The highest BCUT2D eigenvalue weighted by Crippen LogP contribution is 2.33. The van der Waals surface area contributed by atoms with Crippen molar-refractivity contribution < 1.29 is 4.92 Å². The van der Waals surface area contributed by atoms with E-state index in [2.05, 4.69) is 20.9 Å². The van der Waals surface area contributed by atoms with Gasteiger partial charge < -0.3 is 4.90 Å². The average molecular weight is 286 g/mol. The van der Waals surface area contributed by atoms with Gasteiger partial charge in [0.2, 0.25) is 5.82 Å². The first-order chi connectivity index (χ1) is 7.58. The summed E-state index contributed by atoms with van der Waals surface area (Å²) in [5.41, 5.74) is 0.0533. The fourth-order valence-corrected chi connectivity index (χ4v) is 1.94. The van der Waals surface area contributed by atoms with Crippen LogP contribution >= 0.6 is 15.9 Å². The molecule has 1 aromatic heterocycles. The lowest BCUT2D eigenvalue weighted by Crippen LogP contribution is -2.22. The van der Waals surface area contributed by atoms with Crippen molar-refractivity contribution in [3.8, 4) is 0 Å². The first-order valence-electron chi connectivity index (χ1n) is 5.09. The fourth-order valence-electron chi connectivity index (χ4n) is 1.62. The van der Waals surface area contributed by atoms with Crippen LogP contribution in [0, 0.1) is 16.0 Å². The van der Waals surface area contributed by atoms with Crippen LogP contribution in [-0.4, -0.2) is 23.5 Å². The van der Waals surface area contributed by atoms with Gasteiger partial charge in [0, 0.05) is 30.3 Å². The summed E-state index contributed by atoms with van der Waals surface area (Å²) in [6.45, 7) is 0.843. The van der Waals surface area contributed by atoms with Crippen LogP contribution in [0.25, 0.3) is 0 Å². The summed E-state index contributed by atoms with van der Waals surface area (Å²) in [7, 11) is 1.85. The van der Waals surface area contributed by atoms with Crippen molar-refractivity contribution in [1.82, 2.24) is 4.98 Å². The largest absolute Gasteiger partial charge is 0.354 e. The van der Waals surface area contributed by atoms with Crippen LogP contribution in [-0.2, 0) is 0 Å². The summed E-state index contributed by atoms with van der Waals surface area (Å²) in [5.74, 6) is 1.12. The molecule has 1 aliphatic rings. The molecule has 1 saturated carbocycles. The molecule has 0 aliphatic heterocycles. The Hall–Kier alpha value is -1.17. The van der Waals surface area contributed by atoms with Gasteiger partial charge in [-0.1, -0.05) is 0 Å². The van der Waals surface area contributed by atoms with Crippen molar-refractivity contribution in [2.24, 2.45) is 5.92 Å². The van der Waals surface area contributed by atoms with Crippen molar-refractivity contribution in [1.29, 1.82) is 0 Å². The molecular weight excluding hydrogens is 274 g/mol. The van der Waals surface area contributed by atoms with Gasteiger partial charge in [-0.15, -0.1) is 0 Å². The zero-order valence-corrected chi connectivity index (χ0v) is 10.5. The van der Waals surface area contributed by atoms with E-state index in [9.17, 15) is 10.1 Å². The maximum Gasteiger partial charge on any atom is 0.312 e. The maximum atomic E-state index is 10.9. The van der Waals surface area contributed by atoms with Crippen molar-refractivity contribution in [3.63, 3.8) is 0 Å². The van der Waals surface area contributed by atoms with Gasteiger partial charge in [0.05, 0.1) is 4.92 Å². The maximum absolute atomic E-state index is 10.9. The van der Waals surface area contributed by atoms with Crippen LogP contribution in [0.15, 0.2) is 16.7 Å².